The van der Waals surface area contributed by atoms with Crippen LogP contribution in [0.4, 0.5) is 5.82 Å². The van der Waals surface area contributed by atoms with Crippen molar-refractivity contribution in [1.29, 1.82) is 0 Å². The number of aromatic nitrogens is 4. The molecule has 7 nitrogen and oxygen atoms in total. The number of benzene rings is 1. The smallest absolute Gasteiger partial charge is 0.269 e. The van der Waals surface area contributed by atoms with Crippen LogP contribution in [-0.2, 0) is 0 Å². The highest BCUT2D eigenvalue weighted by atomic mass is 35.5. The second kappa shape index (κ2) is 4.54. The zero-order valence-corrected chi connectivity index (χ0v) is 11.9. The predicted octanol–water partition coefficient (Wildman–Crippen LogP) is 3.24. The van der Waals surface area contributed by atoms with Gasteiger partial charge in [-0.15, -0.1) is 11.3 Å². The van der Waals surface area contributed by atoms with Crippen LogP contribution >= 0.6 is 22.9 Å². The van der Waals surface area contributed by atoms with Gasteiger partial charge in [0.15, 0.2) is 11.5 Å². The predicted molar refractivity (Wildman–Crippen MR) is 77.8 cm³/mol. The molecule has 4 rings (SSSR count). The van der Waals surface area contributed by atoms with Gasteiger partial charge in [0.1, 0.15) is 4.88 Å². The quantitative estimate of drug-likeness (QED) is 0.604. The number of anilines is 1. The summed E-state index contributed by atoms with van der Waals surface area (Å²) in [5, 5.41) is 12.5. The minimum absolute atomic E-state index is 0.102. The molecule has 0 bridgehead atoms. The van der Waals surface area contributed by atoms with Crippen molar-refractivity contribution >= 4 is 38.8 Å². The van der Waals surface area contributed by atoms with Gasteiger partial charge >= 0.3 is 0 Å². The van der Waals surface area contributed by atoms with E-state index in [1.54, 1.807) is 0 Å². The highest BCUT2D eigenvalue weighted by Crippen LogP contribution is 2.41. The summed E-state index contributed by atoms with van der Waals surface area (Å²) in [6, 6.07) is 7.78. The SMILES string of the molecule is Nc1nonc1-c1noc(-c2sc3ccccc3c2Cl)n1. The van der Waals surface area contributed by atoms with Crippen molar-refractivity contribution in [2.24, 2.45) is 0 Å². The monoisotopic (exact) mass is 319 g/mol. The molecule has 0 unspecified atom stereocenters. The first-order valence-corrected chi connectivity index (χ1v) is 7.03. The van der Waals surface area contributed by atoms with Crippen LogP contribution in [0.3, 0.4) is 0 Å². The molecule has 0 saturated heterocycles. The topological polar surface area (TPSA) is 104 Å². The molecular formula is C12H6ClN5O2S. The zero-order valence-electron chi connectivity index (χ0n) is 10.3. The fourth-order valence-electron chi connectivity index (χ4n) is 1.91. The molecule has 3 aromatic heterocycles. The molecule has 0 aliphatic rings. The number of rotatable bonds is 2. The molecule has 0 aliphatic carbocycles. The van der Waals surface area contributed by atoms with Gasteiger partial charge in [0.2, 0.25) is 5.82 Å². The Morgan fingerprint density at radius 1 is 1.14 bits per heavy atom. The maximum absolute atomic E-state index is 6.37. The first-order valence-electron chi connectivity index (χ1n) is 5.83. The average molecular weight is 320 g/mol. The minimum atomic E-state index is 0.102. The van der Waals surface area contributed by atoms with E-state index in [4.69, 9.17) is 21.9 Å². The van der Waals surface area contributed by atoms with Gasteiger partial charge in [-0.2, -0.15) is 4.98 Å². The summed E-state index contributed by atoms with van der Waals surface area (Å²) in [6.07, 6.45) is 0. The Bertz CT molecular complexity index is 944. The van der Waals surface area contributed by atoms with E-state index in [9.17, 15) is 0 Å². The second-order valence-electron chi connectivity index (χ2n) is 4.16. The van der Waals surface area contributed by atoms with Gasteiger partial charge in [-0.25, -0.2) is 4.63 Å². The van der Waals surface area contributed by atoms with E-state index >= 15 is 0 Å². The zero-order chi connectivity index (χ0) is 14.4. The van der Waals surface area contributed by atoms with Crippen LogP contribution < -0.4 is 5.73 Å². The van der Waals surface area contributed by atoms with Crippen LogP contribution in [0.2, 0.25) is 5.02 Å². The van der Waals surface area contributed by atoms with Crippen molar-refractivity contribution in [3.63, 3.8) is 0 Å². The Morgan fingerprint density at radius 2 is 2.00 bits per heavy atom. The van der Waals surface area contributed by atoms with Crippen molar-refractivity contribution in [3.8, 4) is 22.3 Å². The van der Waals surface area contributed by atoms with Gasteiger partial charge in [-0.3, -0.25) is 0 Å². The summed E-state index contributed by atoms with van der Waals surface area (Å²) in [7, 11) is 0. The number of nitrogens with zero attached hydrogens (tertiary/aromatic N) is 4. The summed E-state index contributed by atoms with van der Waals surface area (Å²) in [4.78, 5) is 4.95. The van der Waals surface area contributed by atoms with Crippen molar-refractivity contribution < 1.29 is 9.15 Å². The molecule has 0 amide bonds. The number of fused-ring (bicyclic) bond motifs is 1. The van der Waals surface area contributed by atoms with E-state index in [0.29, 0.717) is 15.8 Å². The Balaban J connectivity index is 1.85. The lowest BCUT2D eigenvalue weighted by Crippen LogP contribution is -1.89. The summed E-state index contributed by atoms with van der Waals surface area (Å²) >= 11 is 7.84. The number of halogens is 1. The minimum Gasteiger partial charge on any atom is -0.379 e. The molecular weight excluding hydrogens is 314 g/mol. The third-order valence-corrected chi connectivity index (χ3v) is 4.54. The first kappa shape index (κ1) is 12.3. The molecule has 0 radical (unpaired) electrons. The fraction of sp³-hybridized carbons (Fsp3) is 0. The summed E-state index contributed by atoms with van der Waals surface area (Å²) < 4.78 is 10.8. The molecule has 0 atom stereocenters. The molecule has 0 fully saturated rings. The summed E-state index contributed by atoms with van der Waals surface area (Å²) in [5.41, 5.74) is 5.84. The van der Waals surface area contributed by atoms with E-state index in [1.165, 1.54) is 11.3 Å². The largest absolute Gasteiger partial charge is 0.379 e. The highest BCUT2D eigenvalue weighted by molar-refractivity contribution is 7.23. The lowest BCUT2D eigenvalue weighted by atomic mass is 10.2. The van der Waals surface area contributed by atoms with E-state index < -0.39 is 0 Å². The van der Waals surface area contributed by atoms with Crippen molar-refractivity contribution in [3.05, 3.63) is 29.3 Å². The Labute approximate surface area is 126 Å². The number of nitrogens with two attached hydrogens (primary N) is 1. The first-order chi connectivity index (χ1) is 10.2. The van der Waals surface area contributed by atoms with Crippen LogP contribution in [0.1, 0.15) is 0 Å². The summed E-state index contributed by atoms with van der Waals surface area (Å²) in [6.45, 7) is 0. The third-order valence-electron chi connectivity index (χ3n) is 2.88. The number of nitrogen functional groups attached to an aromatic ring is 1. The fourth-order valence-corrected chi connectivity index (χ4v) is 3.35. The van der Waals surface area contributed by atoms with Gasteiger partial charge in [-0.1, -0.05) is 35.0 Å². The highest BCUT2D eigenvalue weighted by Gasteiger charge is 2.21. The standard InChI is InChI=1S/C12H6ClN5O2S/c13-7-5-3-1-2-4-6(5)21-9(7)12-15-11(18-19-12)8-10(14)17-20-16-8/h1-4H,(H2,14,17). The molecule has 104 valence electrons. The number of hydrogen-bond donors (Lipinski definition) is 1. The molecule has 0 aliphatic heterocycles. The Hall–Kier alpha value is -2.45. The third kappa shape index (κ3) is 1.88. The van der Waals surface area contributed by atoms with Gasteiger partial charge in [0.05, 0.1) is 5.02 Å². The Kier molecular flexibility index (Phi) is 2.66. The van der Waals surface area contributed by atoms with Crippen LogP contribution in [0.15, 0.2) is 33.4 Å². The molecule has 21 heavy (non-hydrogen) atoms. The van der Waals surface area contributed by atoms with Crippen LogP contribution in [0.25, 0.3) is 32.4 Å². The molecule has 4 aromatic rings. The van der Waals surface area contributed by atoms with Gasteiger partial charge in [0.25, 0.3) is 5.89 Å². The van der Waals surface area contributed by atoms with Crippen LogP contribution in [0, 0.1) is 0 Å². The molecule has 9 heteroatoms. The van der Waals surface area contributed by atoms with Gasteiger partial charge in [0, 0.05) is 10.1 Å². The number of hydrogen-bond acceptors (Lipinski definition) is 8. The molecule has 2 N–H and O–H groups in total. The van der Waals surface area contributed by atoms with E-state index in [-0.39, 0.29) is 17.3 Å². The normalized spacial score (nSPS) is 11.3. The number of thiophene rings is 1. The lowest BCUT2D eigenvalue weighted by molar-refractivity contribution is 0.310. The van der Waals surface area contributed by atoms with E-state index in [2.05, 4.69) is 25.1 Å². The molecule has 0 saturated carbocycles. The van der Waals surface area contributed by atoms with Gasteiger partial charge in [-0.05, 0) is 16.4 Å². The van der Waals surface area contributed by atoms with Crippen molar-refractivity contribution in [1.82, 2.24) is 20.5 Å². The molecule has 0 spiro atoms. The Morgan fingerprint density at radius 3 is 2.76 bits per heavy atom. The van der Waals surface area contributed by atoms with E-state index in [0.717, 1.165) is 10.1 Å². The summed E-state index contributed by atoms with van der Waals surface area (Å²) in [5.74, 6) is 0.612. The molecule has 1 aromatic carbocycles. The molecule has 3 heterocycles. The van der Waals surface area contributed by atoms with Crippen molar-refractivity contribution in [2.45, 2.75) is 0 Å². The van der Waals surface area contributed by atoms with Gasteiger partial charge < -0.3 is 10.3 Å². The van der Waals surface area contributed by atoms with Crippen molar-refractivity contribution in [2.75, 3.05) is 5.73 Å². The maximum Gasteiger partial charge on any atom is 0.269 e. The average Bonchev–Trinajstić information content (AvgIpc) is 3.18. The maximum atomic E-state index is 6.37. The van der Waals surface area contributed by atoms with Crippen LogP contribution in [-0.4, -0.2) is 20.5 Å². The second-order valence-corrected chi connectivity index (χ2v) is 5.59. The van der Waals surface area contributed by atoms with E-state index in [1.807, 2.05) is 24.3 Å². The lowest BCUT2D eigenvalue weighted by Gasteiger charge is -1.89. The van der Waals surface area contributed by atoms with Crippen LogP contribution in [0.5, 0.6) is 0 Å².